The van der Waals surface area contributed by atoms with Gasteiger partial charge in [-0.25, -0.2) is 0 Å². The van der Waals surface area contributed by atoms with Gasteiger partial charge in [0.25, 0.3) is 0 Å². The summed E-state index contributed by atoms with van der Waals surface area (Å²) in [5.41, 5.74) is 2.49. The quantitative estimate of drug-likeness (QED) is 0.775. The van der Waals surface area contributed by atoms with Crippen molar-refractivity contribution in [3.05, 3.63) is 70.2 Å². The van der Waals surface area contributed by atoms with Crippen LogP contribution in [0.15, 0.2) is 59.1 Å². The Balaban J connectivity index is 1.49. The summed E-state index contributed by atoms with van der Waals surface area (Å²) in [4.78, 5) is 14.5. The topological polar surface area (TPSA) is 20.3 Å². The van der Waals surface area contributed by atoms with Gasteiger partial charge in [0.15, 0.2) is 0 Å². The van der Waals surface area contributed by atoms with Crippen LogP contribution in [0.4, 0.5) is 0 Å². The summed E-state index contributed by atoms with van der Waals surface area (Å²) >= 11 is 3.46. The molecule has 1 saturated heterocycles. The monoisotopic (exact) mass is 371 g/mol. The number of carbonyl (C=O) groups excluding carboxylic acids is 1. The molecule has 1 fully saturated rings. The van der Waals surface area contributed by atoms with E-state index in [0.717, 1.165) is 42.4 Å². The van der Waals surface area contributed by atoms with Crippen molar-refractivity contribution in [2.24, 2.45) is 5.92 Å². The van der Waals surface area contributed by atoms with E-state index in [-0.39, 0.29) is 5.91 Å². The highest BCUT2D eigenvalue weighted by atomic mass is 79.9. The van der Waals surface area contributed by atoms with E-state index in [1.165, 1.54) is 5.56 Å². The average molecular weight is 372 g/mol. The van der Waals surface area contributed by atoms with E-state index in [2.05, 4.69) is 46.3 Å². The van der Waals surface area contributed by atoms with Gasteiger partial charge in [0.05, 0.1) is 6.42 Å². The Morgan fingerprint density at radius 2 is 1.70 bits per heavy atom. The van der Waals surface area contributed by atoms with Gasteiger partial charge in [0, 0.05) is 17.6 Å². The normalized spacial score (nSPS) is 15.6. The standard InChI is InChI=1S/C20H22BrNO/c21-19-8-4-7-18(14-19)15-20(23)22-11-9-17(10-12-22)13-16-5-2-1-3-6-16/h1-8,14,17H,9-13,15H2. The summed E-state index contributed by atoms with van der Waals surface area (Å²) in [7, 11) is 0. The van der Waals surface area contributed by atoms with Crippen molar-refractivity contribution >= 4 is 21.8 Å². The van der Waals surface area contributed by atoms with E-state index < -0.39 is 0 Å². The van der Waals surface area contributed by atoms with Crippen molar-refractivity contribution in [3.63, 3.8) is 0 Å². The van der Waals surface area contributed by atoms with Crippen LogP contribution < -0.4 is 0 Å². The maximum atomic E-state index is 12.5. The Morgan fingerprint density at radius 3 is 2.39 bits per heavy atom. The number of likely N-dealkylation sites (tertiary alicyclic amines) is 1. The van der Waals surface area contributed by atoms with Crippen molar-refractivity contribution in [1.82, 2.24) is 4.90 Å². The second-order valence-electron chi connectivity index (χ2n) is 6.32. The van der Waals surface area contributed by atoms with Gasteiger partial charge in [-0.15, -0.1) is 0 Å². The Labute approximate surface area is 146 Å². The SMILES string of the molecule is O=C(Cc1cccc(Br)c1)N1CCC(Cc2ccccc2)CC1. The van der Waals surface area contributed by atoms with E-state index in [1.54, 1.807) is 0 Å². The Morgan fingerprint density at radius 1 is 1.00 bits per heavy atom. The van der Waals surface area contributed by atoms with Crippen LogP contribution in [-0.2, 0) is 17.6 Å². The molecule has 1 aliphatic heterocycles. The third kappa shape index (κ3) is 4.68. The van der Waals surface area contributed by atoms with Crippen molar-refractivity contribution < 1.29 is 4.79 Å². The highest BCUT2D eigenvalue weighted by molar-refractivity contribution is 9.10. The van der Waals surface area contributed by atoms with Gasteiger partial charge >= 0.3 is 0 Å². The number of rotatable bonds is 4. The fourth-order valence-corrected chi connectivity index (χ4v) is 3.71. The van der Waals surface area contributed by atoms with Crippen molar-refractivity contribution in [1.29, 1.82) is 0 Å². The zero-order valence-electron chi connectivity index (χ0n) is 13.2. The van der Waals surface area contributed by atoms with Crippen LogP contribution in [0.3, 0.4) is 0 Å². The summed E-state index contributed by atoms with van der Waals surface area (Å²) in [6, 6.07) is 18.7. The van der Waals surface area contributed by atoms with E-state index in [0.29, 0.717) is 12.3 Å². The first-order chi connectivity index (χ1) is 11.2. The highest BCUT2D eigenvalue weighted by Gasteiger charge is 2.22. The minimum atomic E-state index is 0.251. The zero-order chi connectivity index (χ0) is 16.1. The number of benzene rings is 2. The largest absolute Gasteiger partial charge is 0.342 e. The second-order valence-corrected chi connectivity index (χ2v) is 7.24. The average Bonchev–Trinajstić information content (AvgIpc) is 2.56. The van der Waals surface area contributed by atoms with Crippen LogP contribution >= 0.6 is 15.9 Å². The lowest BCUT2D eigenvalue weighted by Gasteiger charge is -2.32. The molecule has 23 heavy (non-hydrogen) atoms. The lowest BCUT2D eigenvalue weighted by atomic mass is 9.90. The minimum Gasteiger partial charge on any atom is -0.342 e. The first kappa shape index (κ1) is 16.3. The maximum absolute atomic E-state index is 12.5. The molecular weight excluding hydrogens is 350 g/mol. The first-order valence-corrected chi connectivity index (χ1v) is 9.06. The molecule has 3 rings (SSSR count). The van der Waals surface area contributed by atoms with Crippen molar-refractivity contribution in [3.8, 4) is 0 Å². The van der Waals surface area contributed by atoms with Gasteiger partial charge in [-0.05, 0) is 48.4 Å². The predicted molar refractivity (Wildman–Crippen MR) is 97.3 cm³/mol. The van der Waals surface area contributed by atoms with Gasteiger partial charge in [-0.3, -0.25) is 4.79 Å². The number of nitrogens with zero attached hydrogens (tertiary/aromatic N) is 1. The molecule has 120 valence electrons. The molecular formula is C20H22BrNO. The molecule has 1 heterocycles. The lowest BCUT2D eigenvalue weighted by molar-refractivity contribution is -0.131. The third-order valence-electron chi connectivity index (χ3n) is 4.58. The molecule has 2 nitrogen and oxygen atoms in total. The smallest absolute Gasteiger partial charge is 0.226 e. The lowest BCUT2D eigenvalue weighted by Crippen LogP contribution is -2.39. The predicted octanol–water partition coefficient (Wildman–Crippen LogP) is 4.47. The fraction of sp³-hybridized carbons (Fsp3) is 0.350. The molecule has 0 saturated carbocycles. The summed E-state index contributed by atoms with van der Waals surface area (Å²) in [6.07, 6.45) is 3.86. The molecule has 2 aromatic carbocycles. The second kappa shape index (κ2) is 7.78. The minimum absolute atomic E-state index is 0.251. The van der Waals surface area contributed by atoms with Gasteiger partial charge in [-0.2, -0.15) is 0 Å². The highest BCUT2D eigenvalue weighted by Crippen LogP contribution is 2.22. The van der Waals surface area contributed by atoms with E-state index in [1.807, 2.05) is 29.2 Å². The number of amides is 1. The summed E-state index contributed by atoms with van der Waals surface area (Å²) in [6.45, 7) is 1.79. The number of halogens is 1. The molecule has 0 spiro atoms. The van der Waals surface area contributed by atoms with Crippen molar-refractivity contribution in [2.45, 2.75) is 25.7 Å². The number of piperidine rings is 1. The maximum Gasteiger partial charge on any atom is 0.226 e. The van der Waals surface area contributed by atoms with Crippen LogP contribution in [0.25, 0.3) is 0 Å². The van der Waals surface area contributed by atoms with Gasteiger partial charge in [0.1, 0.15) is 0 Å². The van der Waals surface area contributed by atoms with Gasteiger partial charge in [0.2, 0.25) is 5.91 Å². The van der Waals surface area contributed by atoms with Crippen LogP contribution in [0.1, 0.15) is 24.0 Å². The van der Waals surface area contributed by atoms with Gasteiger partial charge < -0.3 is 4.90 Å². The van der Waals surface area contributed by atoms with Crippen LogP contribution in [-0.4, -0.2) is 23.9 Å². The number of carbonyl (C=O) groups is 1. The molecule has 0 atom stereocenters. The zero-order valence-corrected chi connectivity index (χ0v) is 14.8. The molecule has 0 bridgehead atoms. The summed E-state index contributed by atoms with van der Waals surface area (Å²) in [5.74, 6) is 0.952. The van der Waals surface area contributed by atoms with Gasteiger partial charge in [-0.1, -0.05) is 58.4 Å². The first-order valence-electron chi connectivity index (χ1n) is 8.27. The molecule has 3 heteroatoms. The van der Waals surface area contributed by atoms with E-state index >= 15 is 0 Å². The summed E-state index contributed by atoms with van der Waals surface area (Å²) < 4.78 is 1.03. The van der Waals surface area contributed by atoms with E-state index in [4.69, 9.17) is 0 Å². The molecule has 1 aliphatic rings. The van der Waals surface area contributed by atoms with Crippen LogP contribution in [0, 0.1) is 5.92 Å². The Bertz CT molecular complexity index is 648. The molecule has 0 radical (unpaired) electrons. The van der Waals surface area contributed by atoms with Crippen LogP contribution in [0.2, 0.25) is 0 Å². The third-order valence-corrected chi connectivity index (χ3v) is 5.07. The summed E-state index contributed by atoms with van der Waals surface area (Å²) in [5, 5.41) is 0. The molecule has 0 N–H and O–H groups in total. The Hall–Kier alpha value is -1.61. The molecule has 2 aromatic rings. The van der Waals surface area contributed by atoms with Crippen molar-refractivity contribution in [2.75, 3.05) is 13.1 Å². The van der Waals surface area contributed by atoms with E-state index in [9.17, 15) is 4.79 Å². The molecule has 0 aromatic heterocycles. The molecule has 0 unspecified atom stereocenters. The number of hydrogen-bond acceptors (Lipinski definition) is 1. The van der Waals surface area contributed by atoms with Crippen LogP contribution in [0.5, 0.6) is 0 Å². The Kier molecular flexibility index (Phi) is 5.50. The molecule has 0 aliphatic carbocycles. The molecule has 1 amide bonds. The fourth-order valence-electron chi connectivity index (χ4n) is 3.27. The number of hydrogen-bond donors (Lipinski definition) is 0.